The summed E-state index contributed by atoms with van der Waals surface area (Å²) >= 11 is 11.9. The summed E-state index contributed by atoms with van der Waals surface area (Å²) < 4.78 is 0. The molecule has 0 radical (unpaired) electrons. The van der Waals surface area contributed by atoms with Crippen LogP contribution in [0.4, 0.5) is 0 Å². The van der Waals surface area contributed by atoms with Gasteiger partial charge in [-0.3, -0.25) is 9.59 Å². The predicted octanol–water partition coefficient (Wildman–Crippen LogP) is 4.38. The minimum atomic E-state index is -0.830. The number of carbonyl (C=O) groups is 2. The number of aliphatic carboxylic acids is 1. The highest BCUT2D eigenvalue weighted by Gasteiger charge is 2.17. The largest absolute Gasteiger partial charge is 0.481 e. The number of carboxylic acids is 1. The van der Waals surface area contributed by atoms with E-state index in [4.69, 9.17) is 28.3 Å². The first-order valence-electron chi connectivity index (χ1n) is 7.26. The van der Waals surface area contributed by atoms with Crippen molar-refractivity contribution in [3.05, 3.63) is 33.8 Å². The highest BCUT2D eigenvalue weighted by molar-refractivity contribution is 6.42. The van der Waals surface area contributed by atoms with Crippen molar-refractivity contribution in [2.75, 3.05) is 0 Å². The first kappa shape index (κ1) is 18.8. The molecule has 6 heteroatoms. The molecule has 0 unspecified atom stereocenters. The Morgan fingerprint density at radius 3 is 2.32 bits per heavy atom. The second-order valence-electron chi connectivity index (χ2n) is 5.46. The molecule has 0 atom stereocenters. The van der Waals surface area contributed by atoms with E-state index >= 15 is 0 Å². The van der Waals surface area contributed by atoms with Gasteiger partial charge < -0.3 is 10.0 Å². The average Bonchev–Trinajstić information content (AvgIpc) is 2.44. The third kappa shape index (κ3) is 6.24. The van der Waals surface area contributed by atoms with Crippen molar-refractivity contribution >= 4 is 35.1 Å². The van der Waals surface area contributed by atoms with E-state index in [1.165, 1.54) is 0 Å². The lowest BCUT2D eigenvalue weighted by Crippen LogP contribution is -2.36. The molecule has 0 aliphatic carbocycles. The van der Waals surface area contributed by atoms with E-state index in [-0.39, 0.29) is 18.4 Å². The van der Waals surface area contributed by atoms with Crippen LogP contribution in [0.5, 0.6) is 0 Å². The summed E-state index contributed by atoms with van der Waals surface area (Å²) in [5, 5.41) is 9.56. The van der Waals surface area contributed by atoms with Crippen LogP contribution in [0.3, 0.4) is 0 Å². The standard InChI is InChI=1S/C16H21Cl2NO3/c1-11(2)19(15(20)5-3-4-6-16(21)22)10-12-7-8-13(17)14(18)9-12/h7-9,11H,3-6,10H2,1-2H3,(H,21,22). The Bertz CT molecular complexity index is 532. The fraction of sp³-hybridized carbons (Fsp3) is 0.500. The Morgan fingerprint density at radius 2 is 1.77 bits per heavy atom. The van der Waals surface area contributed by atoms with E-state index in [1.54, 1.807) is 17.0 Å². The van der Waals surface area contributed by atoms with Crippen LogP contribution >= 0.6 is 23.2 Å². The average molecular weight is 346 g/mol. The van der Waals surface area contributed by atoms with Crippen LogP contribution in [0.2, 0.25) is 10.0 Å². The molecule has 0 aliphatic rings. The predicted molar refractivity (Wildman–Crippen MR) is 88.3 cm³/mol. The molecule has 1 rings (SSSR count). The Balaban J connectivity index is 2.62. The topological polar surface area (TPSA) is 57.6 Å². The molecule has 4 nitrogen and oxygen atoms in total. The fourth-order valence-corrected chi connectivity index (χ4v) is 2.41. The summed E-state index contributed by atoms with van der Waals surface area (Å²) in [6.45, 7) is 4.37. The summed E-state index contributed by atoms with van der Waals surface area (Å²) in [7, 11) is 0. The van der Waals surface area contributed by atoms with E-state index in [9.17, 15) is 9.59 Å². The molecule has 1 aromatic carbocycles. The lowest BCUT2D eigenvalue weighted by atomic mass is 10.1. The van der Waals surface area contributed by atoms with Gasteiger partial charge in [0.05, 0.1) is 10.0 Å². The van der Waals surface area contributed by atoms with Crippen LogP contribution < -0.4 is 0 Å². The van der Waals surface area contributed by atoms with E-state index in [0.717, 1.165) is 5.56 Å². The van der Waals surface area contributed by atoms with Crippen molar-refractivity contribution in [2.24, 2.45) is 0 Å². The summed E-state index contributed by atoms with van der Waals surface area (Å²) in [5.41, 5.74) is 0.919. The molecule has 0 aromatic heterocycles. The normalized spacial score (nSPS) is 10.8. The zero-order chi connectivity index (χ0) is 16.7. The molecule has 1 amide bonds. The molecule has 0 fully saturated rings. The van der Waals surface area contributed by atoms with Gasteiger partial charge in [0.25, 0.3) is 0 Å². The van der Waals surface area contributed by atoms with Gasteiger partial charge in [0.15, 0.2) is 0 Å². The molecular weight excluding hydrogens is 325 g/mol. The number of unbranched alkanes of at least 4 members (excludes halogenated alkanes) is 1. The van der Waals surface area contributed by atoms with Crippen molar-refractivity contribution in [2.45, 2.75) is 52.1 Å². The molecule has 1 aromatic rings. The first-order valence-corrected chi connectivity index (χ1v) is 8.02. The second kappa shape index (κ2) is 9.01. The molecule has 22 heavy (non-hydrogen) atoms. The Kier molecular flexibility index (Phi) is 7.69. The van der Waals surface area contributed by atoms with Crippen molar-refractivity contribution in [3.63, 3.8) is 0 Å². The molecule has 0 spiro atoms. The van der Waals surface area contributed by atoms with Crippen LogP contribution in [0.25, 0.3) is 0 Å². The Labute approximate surface area is 141 Å². The van der Waals surface area contributed by atoms with Crippen LogP contribution in [0, 0.1) is 0 Å². The maximum atomic E-state index is 12.3. The van der Waals surface area contributed by atoms with Gasteiger partial charge in [-0.25, -0.2) is 0 Å². The fourth-order valence-electron chi connectivity index (χ4n) is 2.09. The molecule has 1 N–H and O–H groups in total. The van der Waals surface area contributed by atoms with Gasteiger partial charge in [0, 0.05) is 25.4 Å². The molecule has 0 bridgehead atoms. The second-order valence-corrected chi connectivity index (χ2v) is 6.28. The molecule has 122 valence electrons. The van der Waals surface area contributed by atoms with Crippen LogP contribution in [-0.4, -0.2) is 27.9 Å². The number of nitrogens with zero attached hydrogens (tertiary/aromatic N) is 1. The van der Waals surface area contributed by atoms with Crippen LogP contribution in [-0.2, 0) is 16.1 Å². The first-order chi connectivity index (χ1) is 10.3. The Hall–Kier alpha value is -1.26. The van der Waals surface area contributed by atoms with Crippen molar-refractivity contribution in [3.8, 4) is 0 Å². The van der Waals surface area contributed by atoms with Gasteiger partial charge in [-0.1, -0.05) is 29.3 Å². The van der Waals surface area contributed by atoms with Crippen LogP contribution in [0.15, 0.2) is 18.2 Å². The van der Waals surface area contributed by atoms with Crippen LogP contribution in [0.1, 0.15) is 45.1 Å². The Morgan fingerprint density at radius 1 is 1.14 bits per heavy atom. The van der Waals surface area contributed by atoms with Gasteiger partial charge in [0.1, 0.15) is 0 Å². The van der Waals surface area contributed by atoms with Gasteiger partial charge in [-0.15, -0.1) is 0 Å². The number of hydrogen-bond donors (Lipinski definition) is 1. The highest BCUT2D eigenvalue weighted by atomic mass is 35.5. The molecule has 0 saturated carbocycles. The number of halogens is 2. The van der Waals surface area contributed by atoms with E-state index in [1.807, 2.05) is 19.9 Å². The number of amides is 1. The highest BCUT2D eigenvalue weighted by Crippen LogP contribution is 2.24. The monoisotopic (exact) mass is 345 g/mol. The third-order valence-corrected chi connectivity index (χ3v) is 4.05. The summed E-state index contributed by atoms with van der Waals surface area (Å²) in [6.07, 6.45) is 1.55. The zero-order valence-electron chi connectivity index (χ0n) is 12.8. The van der Waals surface area contributed by atoms with Gasteiger partial charge in [0.2, 0.25) is 5.91 Å². The van der Waals surface area contributed by atoms with Crippen molar-refractivity contribution in [1.82, 2.24) is 4.90 Å². The van der Waals surface area contributed by atoms with Gasteiger partial charge in [-0.2, -0.15) is 0 Å². The minimum Gasteiger partial charge on any atom is -0.481 e. The molecular formula is C16H21Cl2NO3. The molecule has 0 saturated heterocycles. The SMILES string of the molecule is CC(C)N(Cc1ccc(Cl)c(Cl)c1)C(=O)CCCCC(=O)O. The van der Waals surface area contributed by atoms with E-state index in [0.29, 0.717) is 35.9 Å². The number of hydrogen-bond acceptors (Lipinski definition) is 2. The smallest absolute Gasteiger partial charge is 0.303 e. The number of carbonyl (C=O) groups excluding carboxylic acids is 1. The van der Waals surface area contributed by atoms with E-state index in [2.05, 4.69) is 0 Å². The summed E-state index contributed by atoms with van der Waals surface area (Å²) in [4.78, 5) is 24.5. The molecule has 0 heterocycles. The summed E-state index contributed by atoms with van der Waals surface area (Å²) in [6, 6.07) is 5.38. The van der Waals surface area contributed by atoms with Gasteiger partial charge >= 0.3 is 5.97 Å². The quantitative estimate of drug-likeness (QED) is 0.711. The lowest BCUT2D eigenvalue weighted by molar-refractivity contribution is -0.138. The zero-order valence-corrected chi connectivity index (χ0v) is 14.3. The summed E-state index contributed by atoms with van der Waals surface area (Å²) in [5.74, 6) is -0.810. The van der Waals surface area contributed by atoms with Gasteiger partial charge in [-0.05, 0) is 44.4 Å². The maximum absolute atomic E-state index is 12.3. The van der Waals surface area contributed by atoms with Crippen molar-refractivity contribution in [1.29, 1.82) is 0 Å². The lowest BCUT2D eigenvalue weighted by Gasteiger charge is -2.27. The number of rotatable bonds is 8. The number of carboxylic acid groups (broad SMARTS) is 1. The maximum Gasteiger partial charge on any atom is 0.303 e. The van der Waals surface area contributed by atoms with Crippen molar-refractivity contribution < 1.29 is 14.7 Å². The number of benzene rings is 1. The minimum absolute atomic E-state index is 0.0199. The third-order valence-electron chi connectivity index (χ3n) is 3.31. The molecule has 0 aliphatic heterocycles. The van der Waals surface area contributed by atoms with E-state index < -0.39 is 5.97 Å².